The highest BCUT2D eigenvalue weighted by Crippen LogP contribution is 2.37. The minimum absolute atomic E-state index is 0.291. The van der Waals surface area contributed by atoms with Crippen LogP contribution < -0.4 is 11.2 Å². The highest BCUT2D eigenvalue weighted by atomic mass is 16.3. The third-order valence-corrected chi connectivity index (χ3v) is 3.14. The lowest BCUT2D eigenvalue weighted by Gasteiger charge is -2.17. The van der Waals surface area contributed by atoms with Crippen LogP contribution in [0.3, 0.4) is 0 Å². The van der Waals surface area contributed by atoms with E-state index >= 15 is 0 Å². The van der Waals surface area contributed by atoms with Crippen molar-refractivity contribution in [2.45, 2.75) is 18.2 Å². The van der Waals surface area contributed by atoms with E-state index in [9.17, 15) is 19.8 Å². The molecule has 1 aliphatic rings. The fourth-order valence-corrected chi connectivity index (χ4v) is 2.17. The number of nitrogens with one attached hydrogen (secondary N) is 1. The predicted octanol–water partition coefficient (Wildman–Crippen LogP) is -2.63. The molecule has 0 bridgehead atoms. The Morgan fingerprint density at radius 2 is 2.06 bits per heavy atom. The van der Waals surface area contributed by atoms with Crippen LogP contribution in [0.2, 0.25) is 0 Å². The van der Waals surface area contributed by atoms with Gasteiger partial charge in [-0.05, 0) is 5.57 Å². The number of aliphatic hydroxyl groups excluding tert-OH is 3. The normalized spacial score (nSPS) is 31.8. The molecule has 8 heteroatoms. The van der Waals surface area contributed by atoms with Crippen LogP contribution in [0.4, 0.5) is 0 Å². The zero-order valence-electron chi connectivity index (χ0n) is 9.35. The summed E-state index contributed by atoms with van der Waals surface area (Å²) in [6.07, 6.45) is -1.65. The van der Waals surface area contributed by atoms with Gasteiger partial charge in [0, 0.05) is 5.92 Å². The Morgan fingerprint density at radius 1 is 1.39 bits per heavy atom. The third kappa shape index (κ3) is 1.80. The molecule has 0 aromatic carbocycles. The van der Waals surface area contributed by atoms with Crippen LogP contribution in [0.15, 0.2) is 27.9 Å². The molecule has 0 spiro atoms. The van der Waals surface area contributed by atoms with E-state index in [1.54, 1.807) is 0 Å². The molecular formula is C10H13N3O5. The maximum Gasteiger partial charge on any atom is 0.345 e. The molecule has 1 aromatic heterocycles. The Labute approximate surface area is 101 Å². The lowest BCUT2D eigenvalue weighted by molar-refractivity contribution is -0.00587. The molecule has 0 aliphatic heterocycles. The van der Waals surface area contributed by atoms with Crippen LogP contribution in [-0.2, 0) is 0 Å². The Kier molecular flexibility index (Phi) is 3.16. The first kappa shape index (κ1) is 12.7. The van der Waals surface area contributed by atoms with Crippen LogP contribution in [0, 0.1) is 5.92 Å². The second-order valence-corrected chi connectivity index (χ2v) is 4.17. The standard InChI is InChI=1S/C10H13N3O5/c1-4-5(3-14)8(16)9(17)7(4)13-10(18)12-6(15)2-11-13/h2,5,7-9,14,16-17H,1,3H2,(H,12,15,18)/t5-,7+,8?,9?/m0/s1. The zero-order valence-corrected chi connectivity index (χ0v) is 9.35. The van der Waals surface area contributed by atoms with Crippen molar-refractivity contribution >= 4 is 0 Å². The van der Waals surface area contributed by atoms with Crippen LogP contribution in [0.5, 0.6) is 0 Å². The van der Waals surface area contributed by atoms with Gasteiger partial charge in [0.15, 0.2) is 0 Å². The largest absolute Gasteiger partial charge is 0.396 e. The molecule has 4 atom stereocenters. The van der Waals surface area contributed by atoms with E-state index < -0.39 is 42.0 Å². The predicted molar refractivity (Wildman–Crippen MR) is 59.9 cm³/mol. The first-order valence-electron chi connectivity index (χ1n) is 5.31. The number of hydrogen-bond acceptors (Lipinski definition) is 6. The van der Waals surface area contributed by atoms with Crippen molar-refractivity contribution in [1.82, 2.24) is 14.8 Å². The molecule has 0 saturated heterocycles. The van der Waals surface area contributed by atoms with Crippen LogP contribution in [0.25, 0.3) is 0 Å². The van der Waals surface area contributed by atoms with Crippen molar-refractivity contribution in [1.29, 1.82) is 0 Å². The summed E-state index contributed by atoms with van der Waals surface area (Å²) in [6, 6.07) is -0.971. The van der Waals surface area contributed by atoms with Crippen molar-refractivity contribution in [3.05, 3.63) is 39.2 Å². The first-order valence-corrected chi connectivity index (χ1v) is 5.31. The van der Waals surface area contributed by atoms with Gasteiger partial charge in [-0.25, -0.2) is 9.48 Å². The van der Waals surface area contributed by atoms with Gasteiger partial charge >= 0.3 is 5.69 Å². The summed E-state index contributed by atoms with van der Waals surface area (Å²) in [5.41, 5.74) is -1.17. The lowest BCUT2D eigenvalue weighted by atomic mass is 10.0. The Hall–Kier alpha value is -1.77. The molecule has 18 heavy (non-hydrogen) atoms. The summed E-state index contributed by atoms with van der Waals surface area (Å²) in [5.74, 6) is -0.731. The first-order chi connectivity index (χ1) is 8.47. The Balaban J connectivity index is 2.48. The van der Waals surface area contributed by atoms with E-state index in [2.05, 4.69) is 11.7 Å². The quantitative estimate of drug-likeness (QED) is 0.428. The van der Waals surface area contributed by atoms with E-state index in [0.29, 0.717) is 5.57 Å². The number of aromatic amines is 1. The molecule has 4 N–H and O–H groups in total. The second-order valence-electron chi connectivity index (χ2n) is 4.17. The van der Waals surface area contributed by atoms with Crippen molar-refractivity contribution < 1.29 is 15.3 Å². The molecule has 1 fully saturated rings. The van der Waals surface area contributed by atoms with E-state index in [4.69, 9.17) is 5.11 Å². The summed E-state index contributed by atoms with van der Waals surface area (Å²) >= 11 is 0. The Bertz CT molecular complexity index is 577. The number of aliphatic hydroxyl groups is 3. The molecule has 0 radical (unpaired) electrons. The summed E-state index contributed by atoms with van der Waals surface area (Å²) in [4.78, 5) is 24.5. The van der Waals surface area contributed by atoms with Crippen molar-refractivity contribution in [3.8, 4) is 0 Å². The number of aromatic nitrogens is 3. The number of H-pyrrole nitrogens is 1. The highest BCUT2D eigenvalue weighted by molar-refractivity contribution is 5.21. The summed E-state index contributed by atoms with van der Waals surface area (Å²) < 4.78 is 0.841. The van der Waals surface area contributed by atoms with Crippen LogP contribution in [-0.4, -0.2) is 48.9 Å². The van der Waals surface area contributed by atoms with Gasteiger partial charge < -0.3 is 15.3 Å². The molecule has 8 nitrogen and oxygen atoms in total. The van der Waals surface area contributed by atoms with Gasteiger partial charge in [-0.2, -0.15) is 5.10 Å². The van der Waals surface area contributed by atoms with E-state index in [1.807, 2.05) is 4.98 Å². The molecule has 2 rings (SSSR count). The van der Waals surface area contributed by atoms with Gasteiger partial charge in [-0.1, -0.05) is 6.58 Å². The summed E-state index contributed by atoms with van der Waals surface area (Å²) in [5, 5.41) is 32.3. The van der Waals surface area contributed by atoms with E-state index in [0.717, 1.165) is 10.9 Å². The van der Waals surface area contributed by atoms with Gasteiger partial charge in [-0.15, -0.1) is 0 Å². The molecule has 1 aliphatic carbocycles. The zero-order chi connectivity index (χ0) is 13.4. The van der Waals surface area contributed by atoms with Crippen LogP contribution in [0.1, 0.15) is 6.04 Å². The van der Waals surface area contributed by atoms with E-state index in [-0.39, 0.29) is 0 Å². The van der Waals surface area contributed by atoms with Gasteiger partial charge in [0.1, 0.15) is 18.3 Å². The van der Waals surface area contributed by atoms with Crippen molar-refractivity contribution in [2.24, 2.45) is 5.92 Å². The number of rotatable bonds is 2. The second kappa shape index (κ2) is 4.48. The van der Waals surface area contributed by atoms with Crippen molar-refractivity contribution in [2.75, 3.05) is 6.61 Å². The summed E-state index contributed by atoms with van der Waals surface area (Å²) in [6.45, 7) is 3.26. The maximum absolute atomic E-state index is 11.6. The molecule has 1 heterocycles. The molecule has 2 unspecified atom stereocenters. The van der Waals surface area contributed by atoms with E-state index in [1.165, 1.54) is 0 Å². The highest BCUT2D eigenvalue weighted by Gasteiger charge is 2.46. The minimum atomic E-state index is -1.31. The molecule has 1 saturated carbocycles. The molecular weight excluding hydrogens is 242 g/mol. The molecule has 0 amide bonds. The third-order valence-electron chi connectivity index (χ3n) is 3.14. The van der Waals surface area contributed by atoms with Gasteiger partial charge in [0.25, 0.3) is 5.56 Å². The Morgan fingerprint density at radius 3 is 2.56 bits per heavy atom. The molecule has 1 aromatic rings. The number of nitrogens with zero attached hydrogens (tertiary/aromatic N) is 2. The maximum atomic E-state index is 11.6. The molecule has 98 valence electrons. The topological polar surface area (TPSA) is 128 Å². The fourth-order valence-electron chi connectivity index (χ4n) is 2.17. The fraction of sp³-hybridized carbons (Fsp3) is 0.500. The van der Waals surface area contributed by atoms with Crippen molar-refractivity contribution in [3.63, 3.8) is 0 Å². The average Bonchev–Trinajstić information content (AvgIpc) is 2.52. The van der Waals surface area contributed by atoms with Gasteiger partial charge in [0.05, 0.1) is 12.7 Å². The minimum Gasteiger partial charge on any atom is -0.396 e. The summed E-state index contributed by atoms with van der Waals surface area (Å²) in [7, 11) is 0. The van der Waals surface area contributed by atoms with Gasteiger partial charge in [0.2, 0.25) is 0 Å². The number of hydrogen-bond donors (Lipinski definition) is 4. The monoisotopic (exact) mass is 255 g/mol. The SMILES string of the molecule is C=C1[C@@H](n2ncc(=O)[nH]c2=O)C(O)C(O)[C@H]1CO. The van der Waals surface area contributed by atoms with Gasteiger partial charge in [-0.3, -0.25) is 9.78 Å². The van der Waals surface area contributed by atoms with Crippen LogP contribution >= 0.6 is 0 Å². The smallest absolute Gasteiger partial charge is 0.345 e. The average molecular weight is 255 g/mol. The lowest BCUT2D eigenvalue weighted by Crippen LogP contribution is -2.39.